The summed E-state index contributed by atoms with van der Waals surface area (Å²) in [5.74, 6) is 0.423. The van der Waals surface area contributed by atoms with Crippen molar-refractivity contribution in [1.29, 1.82) is 0 Å². The lowest BCUT2D eigenvalue weighted by Gasteiger charge is -2.20. The van der Waals surface area contributed by atoms with Gasteiger partial charge in [-0.2, -0.15) is 0 Å². The van der Waals surface area contributed by atoms with Gasteiger partial charge in [-0.3, -0.25) is 14.4 Å². The first-order chi connectivity index (χ1) is 14.0. The van der Waals surface area contributed by atoms with Crippen LogP contribution in [0.4, 0.5) is 5.69 Å². The number of aromatic amines is 1. The predicted molar refractivity (Wildman–Crippen MR) is 111 cm³/mol. The Hall–Kier alpha value is -3.48. The molecule has 2 aromatic carbocycles. The van der Waals surface area contributed by atoms with Gasteiger partial charge in [0.1, 0.15) is 5.82 Å². The van der Waals surface area contributed by atoms with Crippen molar-refractivity contribution in [3.63, 3.8) is 0 Å². The zero-order valence-electron chi connectivity index (χ0n) is 16.1. The minimum atomic E-state index is -0.194. The van der Waals surface area contributed by atoms with Crippen LogP contribution in [0.2, 0.25) is 0 Å². The maximum atomic E-state index is 12.4. The summed E-state index contributed by atoms with van der Waals surface area (Å²) in [7, 11) is 0. The molecule has 1 aromatic heterocycles. The molecule has 0 saturated carbocycles. The summed E-state index contributed by atoms with van der Waals surface area (Å²) < 4.78 is 0. The van der Waals surface area contributed by atoms with E-state index in [0.717, 1.165) is 16.8 Å². The molecule has 7 nitrogen and oxygen atoms in total. The monoisotopic (exact) mass is 390 g/mol. The smallest absolute Gasteiger partial charge is 0.258 e. The second-order valence-electron chi connectivity index (χ2n) is 7.28. The second kappa shape index (κ2) is 7.87. The van der Waals surface area contributed by atoms with Gasteiger partial charge >= 0.3 is 0 Å². The Labute approximate surface area is 167 Å². The average molecular weight is 390 g/mol. The van der Waals surface area contributed by atoms with Crippen LogP contribution in [0.5, 0.6) is 0 Å². The Bertz CT molecular complexity index is 1150. The summed E-state index contributed by atoms with van der Waals surface area (Å²) >= 11 is 0. The molecule has 1 aliphatic rings. The molecule has 4 rings (SSSR count). The largest absolute Gasteiger partial charge is 0.350 e. The number of nitrogens with zero attached hydrogens (tertiary/aromatic N) is 1. The Morgan fingerprint density at radius 3 is 2.86 bits per heavy atom. The van der Waals surface area contributed by atoms with Crippen LogP contribution in [0.15, 0.2) is 47.3 Å². The van der Waals surface area contributed by atoms with Gasteiger partial charge in [-0.25, -0.2) is 4.98 Å². The van der Waals surface area contributed by atoms with Crippen LogP contribution >= 0.6 is 0 Å². The van der Waals surface area contributed by atoms with Gasteiger partial charge in [0.25, 0.3) is 5.56 Å². The summed E-state index contributed by atoms with van der Waals surface area (Å²) in [5.41, 5.74) is 3.35. The molecule has 2 amide bonds. The summed E-state index contributed by atoms with van der Waals surface area (Å²) in [6, 6.07) is 12.8. The Kier molecular flexibility index (Phi) is 5.12. The first-order valence-corrected chi connectivity index (χ1v) is 9.69. The van der Waals surface area contributed by atoms with Gasteiger partial charge < -0.3 is 15.6 Å². The molecule has 0 fully saturated rings. The van der Waals surface area contributed by atoms with Crippen LogP contribution in [0.1, 0.15) is 42.8 Å². The predicted octanol–water partition coefficient (Wildman–Crippen LogP) is 2.62. The molecule has 3 aromatic rings. The molecule has 0 spiro atoms. The van der Waals surface area contributed by atoms with Crippen molar-refractivity contribution in [2.75, 3.05) is 5.32 Å². The molecule has 0 aliphatic carbocycles. The van der Waals surface area contributed by atoms with Crippen LogP contribution in [-0.4, -0.2) is 21.8 Å². The fourth-order valence-electron chi connectivity index (χ4n) is 3.55. The highest BCUT2D eigenvalue weighted by Gasteiger charge is 2.17. The van der Waals surface area contributed by atoms with E-state index in [2.05, 4.69) is 20.6 Å². The van der Waals surface area contributed by atoms with E-state index >= 15 is 0 Å². The number of carbonyl (C=O) groups excluding carboxylic acids is 2. The topological polar surface area (TPSA) is 104 Å². The van der Waals surface area contributed by atoms with Crippen molar-refractivity contribution in [3.05, 3.63) is 69.8 Å². The first kappa shape index (κ1) is 18.9. The maximum Gasteiger partial charge on any atom is 0.258 e. The van der Waals surface area contributed by atoms with Crippen molar-refractivity contribution in [2.24, 2.45) is 0 Å². The fourth-order valence-corrected chi connectivity index (χ4v) is 3.55. The molecule has 1 aliphatic heterocycles. The maximum absolute atomic E-state index is 12.4. The highest BCUT2D eigenvalue weighted by molar-refractivity contribution is 5.93. The fraction of sp³-hybridized carbons (Fsp3) is 0.273. The number of nitrogens with one attached hydrogen (secondary N) is 3. The number of hydrogen-bond donors (Lipinski definition) is 3. The molecule has 7 heteroatoms. The summed E-state index contributed by atoms with van der Waals surface area (Å²) in [6.07, 6.45) is 1.77. The summed E-state index contributed by atoms with van der Waals surface area (Å²) in [6.45, 7) is 1.93. The van der Waals surface area contributed by atoms with Crippen LogP contribution < -0.4 is 16.2 Å². The number of fused-ring (bicyclic) bond motifs is 2. The first-order valence-electron chi connectivity index (χ1n) is 9.69. The molecule has 1 unspecified atom stereocenters. The third-order valence-electron chi connectivity index (χ3n) is 5.15. The van der Waals surface area contributed by atoms with Crippen LogP contribution in [0, 0.1) is 0 Å². The van der Waals surface area contributed by atoms with Gasteiger partial charge in [0.05, 0.1) is 16.9 Å². The van der Waals surface area contributed by atoms with Crippen LogP contribution in [-0.2, 0) is 22.4 Å². The highest BCUT2D eigenvalue weighted by atomic mass is 16.2. The lowest BCUT2D eigenvalue weighted by atomic mass is 9.97. The minimum absolute atomic E-state index is 0.0342. The van der Waals surface area contributed by atoms with Gasteiger partial charge in [-0.15, -0.1) is 0 Å². The molecule has 0 bridgehead atoms. The standard InChI is InChI=1S/C22H22N4O3/c1-13(14-6-8-17-15(12-14)7-10-21(28)25-17)23-20(27)11-9-19-24-18-5-3-2-4-16(18)22(29)26-19/h2-6,8,12-13H,7,9-11H2,1H3,(H,23,27)(H,25,28)(H,24,26,29). The molecule has 29 heavy (non-hydrogen) atoms. The van der Waals surface area contributed by atoms with Gasteiger partial charge in [0.2, 0.25) is 11.8 Å². The van der Waals surface area contributed by atoms with E-state index in [1.165, 1.54) is 0 Å². The summed E-state index contributed by atoms with van der Waals surface area (Å²) in [4.78, 5) is 43.2. The minimum Gasteiger partial charge on any atom is -0.350 e. The number of hydrogen-bond acceptors (Lipinski definition) is 4. The van der Waals surface area contributed by atoms with Crippen molar-refractivity contribution >= 4 is 28.4 Å². The highest BCUT2D eigenvalue weighted by Crippen LogP contribution is 2.26. The van der Waals surface area contributed by atoms with Gasteiger partial charge in [0.15, 0.2) is 0 Å². The van der Waals surface area contributed by atoms with Crippen molar-refractivity contribution in [3.8, 4) is 0 Å². The molecule has 0 radical (unpaired) electrons. The Balaban J connectivity index is 1.38. The molecule has 0 saturated heterocycles. The van der Waals surface area contributed by atoms with E-state index in [1.807, 2.05) is 31.2 Å². The molecule has 1 atom stereocenters. The number of rotatable bonds is 5. The lowest BCUT2D eigenvalue weighted by Crippen LogP contribution is -2.27. The number of para-hydroxylation sites is 1. The number of amides is 2. The third kappa shape index (κ3) is 4.18. The zero-order chi connectivity index (χ0) is 20.4. The van der Waals surface area contributed by atoms with Crippen molar-refractivity contribution < 1.29 is 9.59 Å². The summed E-state index contributed by atoms with van der Waals surface area (Å²) in [5, 5.41) is 6.39. The number of carbonyl (C=O) groups is 2. The van der Waals surface area contributed by atoms with Gasteiger partial charge in [-0.1, -0.05) is 24.3 Å². The quantitative estimate of drug-likeness (QED) is 0.623. The SMILES string of the molecule is CC(NC(=O)CCc1nc2ccccc2c(=O)[nH]1)c1ccc2c(c1)CCC(=O)N2. The Morgan fingerprint density at radius 2 is 2.00 bits per heavy atom. The van der Waals surface area contributed by atoms with Gasteiger partial charge in [-0.05, 0) is 42.7 Å². The average Bonchev–Trinajstić information content (AvgIpc) is 2.72. The normalized spacial score (nSPS) is 14.2. The van der Waals surface area contributed by atoms with E-state index in [4.69, 9.17) is 0 Å². The molecular weight excluding hydrogens is 368 g/mol. The molecule has 2 heterocycles. The number of aromatic nitrogens is 2. The number of anilines is 1. The van der Waals surface area contributed by atoms with Gasteiger partial charge in [0, 0.05) is 24.9 Å². The van der Waals surface area contributed by atoms with E-state index in [0.29, 0.717) is 36.0 Å². The number of aryl methyl sites for hydroxylation is 2. The van der Waals surface area contributed by atoms with Crippen LogP contribution in [0.25, 0.3) is 10.9 Å². The number of H-pyrrole nitrogens is 1. The lowest BCUT2D eigenvalue weighted by molar-refractivity contribution is -0.121. The van der Waals surface area contributed by atoms with E-state index in [-0.39, 0.29) is 29.8 Å². The van der Waals surface area contributed by atoms with E-state index < -0.39 is 0 Å². The molecule has 3 N–H and O–H groups in total. The Morgan fingerprint density at radius 1 is 1.17 bits per heavy atom. The number of benzene rings is 2. The van der Waals surface area contributed by atoms with Crippen molar-refractivity contribution in [2.45, 2.75) is 38.6 Å². The zero-order valence-corrected chi connectivity index (χ0v) is 16.1. The third-order valence-corrected chi connectivity index (χ3v) is 5.15. The van der Waals surface area contributed by atoms with E-state index in [1.54, 1.807) is 18.2 Å². The van der Waals surface area contributed by atoms with Crippen molar-refractivity contribution in [1.82, 2.24) is 15.3 Å². The molecule has 148 valence electrons. The van der Waals surface area contributed by atoms with Crippen LogP contribution in [0.3, 0.4) is 0 Å². The van der Waals surface area contributed by atoms with E-state index in [9.17, 15) is 14.4 Å². The molecular formula is C22H22N4O3. The second-order valence-corrected chi connectivity index (χ2v) is 7.28.